The Morgan fingerprint density at radius 3 is 2.83 bits per heavy atom. The molecule has 144 valence electrons. The molecule has 0 aliphatic carbocycles. The molecule has 4 rings (SSSR count). The van der Waals surface area contributed by atoms with Crippen LogP contribution in [0.25, 0.3) is 20.3 Å². The molecule has 2 heterocycles. The summed E-state index contributed by atoms with van der Waals surface area (Å²) in [6.07, 6.45) is 1.47. The minimum absolute atomic E-state index is 0.00356. The zero-order valence-electron chi connectivity index (χ0n) is 15.3. The van der Waals surface area contributed by atoms with Crippen LogP contribution in [-0.4, -0.2) is 17.0 Å². The third kappa shape index (κ3) is 3.20. The van der Waals surface area contributed by atoms with E-state index in [1.165, 1.54) is 36.8 Å². The molecule has 0 saturated carbocycles. The van der Waals surface area contributed by atoms with Gasteiger partial charge in [-0.05, 0) is 24.6 Å². The van der Waals surface area contributed by atoms with Crippen molar-refractivity contribution in [3.05, 3.63) is 62.8 Å². The summed E-state index contributed by atoms with van der Waals surface area (Å²) >= 11 is 7.60. The van der Waals surface area contributed by atoms with Gasteiger partial charge in [0.05, 0.1) is 38.5 Å². The van der Waals surface area contributed by atoms with E-state index >= 15 is 0 Å². The number of fused-ring (bicyclic) bond motifs is 3. The second-order valence-electron chi connectivity index (χ2n) is 6.30. The van der Waals surface area contributed by atoms with Gasteiger partial charge < -0.3 is 10.1 Å². The molecule has 0 saturated heterocycles. The highest BCUT2D eigenvalue weighted by Crippen LogP contribution is 2.41. The summed E-state index contributed by atoms with van der Waals surface area (Å²) < 4.78 is 6.89. The molecular formula is C20H13ClN4O3S. The first kappa shape index (κ1) is 18.9. The standard InChI is InChI=1S/C20H13ClN4O3S/c1-10-5-14(21)16(28-2)7-15(10)24-18-11(8-22)9-23-19-13-6-12(25(26)27)3-4-17(13)29-20(18)19/h3-7,9H,1-2H3,(H,23,24). The topological polar surface area (TPSA) is 101 Å². The van der Waals surface area contributed by atoms with Crippen molar-refractivity contribution in [2.75, 3.05) is 12.4 Å². The molecule has 0 aliphatic heterocycles. The monoisotopic (exact) mass is 424 g/mol. The summed E-state index contributed by atoms with van der Waals surface area (Å²) in [5, 5.41) is 25.2. The number of benzene rings is 2. The first-order chi connectivity index (χ1) is 13.9. The van der Waals surface area contributed by atoms with Crippen LogP contribution in [0.2, 0.25) is 5.02 Å². The molecule has 2 aromatic heterocycles. The average molecular weight is 425 g/mol. The molecule has 29 heavy (non-hydrogen) atoms. The number of pyridine rings is 1. The fraction of sp³-hybridized carbons (Fsp3) is 0.100. The van der Waals surface area contributed by atoms with Gasteiger partial charge in [0.1, 0.15) is 11.8 Å². The van der Waals surface area contributed by atoms with E-state index in [9.17, 15) is 15.4 Å². The molecule has 0 radical (unpaired) electrons. The third-order valence-corrected chi connectivity index (χ3v) is 6.03. The van der Waals surface area contributed by atoms with E-state index in [4.69, 9.17) is 16.3 Å². The molecule has 0 spiro atoms. The van der Waals surface area contributed by atoms with Crippen LogP contribution >= 0.6 is 22.9 Å². The molecule has 4 aromatic rings. The minimum atomic E-state index is -0.435. The smallest absolute Gasteiger partial charge is 0.270 e. The van der Waals surface area contributed by atoms with Crippen molar-refractivity contribution in [1.82, 2.24) is 4.98 Å². The van der Waals surface area contributed by atoms with Crippen molar-refractivity contribution in [2.45, 2.75) is 6.92 Å². The van der Waals surface area contributed by atoms with Crippen molar-refractivity contribution in [1.29, 1.82) is 5.26 Å². The normalized spacial score (nSPS) is 10.8. The largest absolute Gasteiger partial charge is 0.495 e. The first-order valence-electron chi connectivity index (χ1n) is 8.44. The van der Waals surface area contributed by atoms with Gasteiger partial charge in [-0.25, -0.2) is 0 Å². The van der Waals surface area contributed by atoms with E-state index in [2.05, 4.69) is 16.4 Å². The number of hydrogen-bond donors (Lipinski definition) is 1. The highest BCUT2D eigenvalue weighted by Gasteiger charge is 2.18. The molecule has 0 atom stereocenters. The number of thiophene rings is 1. The number of aromatic nitrogens is 1. The predicted molar refractivity (Wildman–Crippen MR) is 115 cm³/mol. The maximum absolute atomic E-state index is 11.1. The molecule has 1 N–H and O–H groups in total. The Bertz CT molecular complexity index is 1340. The fourth-order valence-corrected chi connectivity index (χ4v) is 4.53. The molecule has 0 aliphatic rings. The van der Waals surface area contributed by atoms with Crippen LogP contribution in [0.5, 0.6) is 5.75 Å². The number of ether oxygens (including phenoxy) is 1. The van der Waals surface area contributed by atoms with E-state index in [0.717, 1.165) is 20.7 Å². The van der Waals surface area contributed by atoms with E-state index in [-0.39, 0.29) is 5.69 Å². The maximum atomic E-state index is 11.1. The van der Waals surface area contributed by atoms with Crippen LogP contribution in [0.15, 0.2) is 36.5 Å². The van der Waals surface area contributed by atoms with Gasteiger partial charge in [0.25, 0.3) is 5.69 Å². The second-order valence-corrected chi connectivity index (χ2v) is 7.76. The zero-order chi connectivity index (χ0) is 20.7. The van der Waals surface area contributed by atoms with Crippen LogP contribution in [0, 0.1) is 28.4 Å². The van der Waals surface area contributed by atoms with E-state index in [1.54, 1.807) is 18.2 Å². The van der Waals surface area contributed by atoms with Gasteiger partial charge in [-0.15, -0.1) is 11.3 Å². The quantitative estimate of drug-likeness (QED) is 0.321. The Morgan fingerprint density at radius 1 is 1.34 bits per heavy atom. The van der Waals surface area contributed by atoms with Crippen molar-refractivity contribution >= 4 is 60.3 Å². The van der Waals surface area contributed by atoms with Crippen LogP contribution < -0.4 is 10.1 Å². The highest BCUT2D eigenvalue weighted by molar-refractivity contribution is 7.26. The molecule has 2 aromatic carbocycles. The van der Waals surface area contributed by atoms with Gasteiger partial charge in [0, 0.05) is 40.2 Å². The number of nitrogens with zero attached hydrogens (tertiary/aromatic N) is 3. The van der Waals surface area contributed by atoms with E-state index in [0.29, 0.717) is 32.9 Å². The Kier molecular flexibility index (Phi) is 4.70. The summed E-state index contributed by atoms with van der Waals surface area (Å²) in [4.78, 5) is 15.1. The number of rotatable bonds is 4. The van der Waals surface area contributed by atoms with Crippen LogP contribution in [0.1, 0.15) is 11.1 Å². The fourth-order valence-electron chi connectivity index (χ4n) is 3.09. The van der Waals surface area contributed by atoms with Gasteiger partial charge >= 0.3 is 0 Å². The Hall–Kier alpha value is -3.41. The van der Waals surface area contributed by atoms with Crippen molar-refractivity contribution < 1.29 is 9.66 Å². The second kappa shape index (κ2) is 7.20. The minimum Gasteiger partial charge on any atom is -0.495 e. The lowest BCUT2D eigenvalue weighted by atomic mass is 10.1. The van der Waals surface area contributed by atoms with Gasteiger partial charge in [0.2, 0.25) is 0 Å². The summed E-state index contributed by atoms with van der Waals surface area (Å²) in [6, 6.07) is 10.4. The van der Waals surface area contributed by atoms with Crippen LogP contribution in [-0.2, 0) is 0 Å². The molecule has 7 nitrogen and oxygen atoms in total. The van der Waals surface area contributed by atoms with Crippen molar-refractivity contribution in [3.8, 4) is 11.8 Å². The highest BCUT2D eigenvalue weighted by atomic mass is 35.5. The number of methoxy groups -OCH3 is 1. The summed E-state index contributed by atoms with van der Waals surface area (Å²) in [5.41, 5.74) is 3.17. The number of nitrogens with one attached hydrogen (secondary N) is 1. The van der Waals surface area contributed by atoms with Gasteiger partial charge in [0.15, 0.2) is 0 Å². The van der Waals surface area contributed by atoms with Crippen molar-refractivity contribution in [3.63, 3.8) is 0 Å². The number of hydrogen-bond acceptors (Lipinski definition) is 7. The molecule has 0 unspecified atom stereocenters. The Labute approximate surface area is 174 Å². The van der Waals surface area contributed by atoms with Gasteiger partial charge in [-0.3, -0.25) is 15.1 Å². The molecule has 9 heteroatoms. The molecule has 0 bridgehead atoms. The SMILES string of the molecule is COc1cc(Nc2c(C#N)cnc3c2sc2ccc([N+](=O)[O-])cc23)c(C)cc1Cl. The third-order valence-electron chi connectivity index (χ3n) is 4.55. The van der Waals surface area contributed by atoms with Gasteiger partial charge in [-0.2, -0.15) is 5.26 Å². The zero-order valence-corrected chi connectivity index (χ0v) is 16.9. The Morgan fingerprint density at radius 2 is 2.14 bits per heavy atom. The number of anilines is 2. The number of halogens is 1. The lowest BCUT2D eigenvalue weighted by molar-refractivity contribution is -0.384. The summed E-state index contributed by atoms with van der Waals surface area (Å²) in [7, 11) is 1.53. The number of nitro groups is 1. The van der Waals surface area contributed by atoms with Gasteiger partial charge in [-0.1, -0.05) is 11.6 Å². The number of nitriles is 1. The Balaban J connectivity index is 1.95. The maximum Gasteiger partial charge on any atom is 0.270 e. The van der Waals surface area contributed by atoms with Crippen LogP contribution in [0.3, 0.4) is 0 Å². The number of non-ortho nitro benzene ring substituents is 1. The lowest BCUT2D eigenvalue weighted by Gasteiger charge is -2.14. The number of nitro benzene ring substituents is 1. The van der Waals surface area contributed by atoms with E-state index in [1.807, 2.05) is 6.92 Å². The first-order valence-corrected chi connectivity index (χ1v) is 9.63. The lowest BCUT2D eigenvalue weighted by Crippen LogP contribution is -1.98. The average Bonchev–Trinajstić information content (AvgIpc) is 3.08. The predicted octanol–water partition coefficient (Wildman–Crippen LogP) is 5.94. The summed E-state index contributed by atoms with van der Waals surface area (Å²) in [6.45, 7) is 1.90. The number of aryl methyl sites for hydroxylation is 1. The van der Waals surface area contributed by atoms with Crippen LogP contribution in [0.4, 0.5) is 17.1 Å². The molecular weight excluding hydrogens is 412 g/mol. The molecule has 0 amide bonds. The molecule has 0 fully saturated rings. The summed E-state index contributed by atoms with van der Waals surface area (Å²) in [5.74, 6) is 0.510. The van der Waals surface area contributed by atoms with Crippen molar-refractivity contribution in [2.24, 2.45) is 0 Å². The van der Waals surface area contributed by atoms with E-state index < -0.39 is 4.92 Å².